The summed E-state index contributed by atoms with van der Waals surface area (Å²) in [6, 6.07) is 5.51. The number of rotatable bonds is 7. The van der Waals surface area contributed by atoms with Crippen molar-refractivity contribution in [1.82, 2.24) is 10.3 Å². The van der Waals surface area contributed by atoms with E-state index in [4.69, 9.17) is 4.74 Å². The molecule has 0 unspecified atom stereocenters. The van der Waals surface area contributed by atoms with Crippen LogP contribution in [-0.4, -0.2) is 35.3 Å². The quantitative estimate of drug-likeness (QED) is 0.813. The van der Waals surface area contributed by atoms with Gasteiger partial charge in [-0.1, -0.05) is 0 Å². The number of hydrogen-bond acceptors (Lipinski definition) is 5. The Morgan fingerprint density at radius 3 is 2.82 bits per heavy atom. The fourth-order valence-electron chi connectivity index (χ4n) is 1.73. The Bertz CT molecular complexity index is 616. The van der Waals surface area contributed by atoms with Gasteiger partial charge in [0.25, 0.3) is 0 Å². The number of nitrogens with zero attached hydrogens (tertiary/aromatic N) is 1. The minimum Gasteiger partial charge on any atom is -0.491 e. The number of halogens is 1. The molecule has 22 heavy (non-hydrogen) atoms. The van der Waals surface area contributed by atoms with Crippen molar-refractivity contribution in [3.05, 3.63) is 46.2 Å². The van der Waals surface area contributed by atoms with E-state index in [2.05, 4.69) is 10.3 Å². The molecule has 0 fully saturated rings. The van der Waals surface area contributed by atoms with Crippen LogP contribution in [0.5, 0.6) is 5.75 Å². The Kier molecular flexibility index (Phi) is 5.85. The first-order valence-electron chi connectivity index (χ1n) is 6.77. The number of aliphatic hydroxyl groups excluding tert-OH is 1. The molecule has 1 aromatic carbocycles. The summed E-state index contributed by atoms with van der Waals surface area (Å²) in [5.41, 5.74) is 0.719. The molecule has 2 rings (SSSR count). The maximum atomic E-state index is 12.7. The maximum absolute atomic E-state index is 12.7. The summed E-state index contributed by atoms with van der Waals surface area (Å²) in [4.78, 5) is 15.9. The zero-order valence-electron chi connectivity index (χ0n) is 12.1. The molecule has 2 aromatic rings. The van der Waals surface area contributed by atoms with Gasteiger partial charge in [0.1, 0.15) is 24.3 Å². The van der Waals surface area contributed by atoms with Gasteiger partial charge in [0, 0.05) is 11.9 Å². The normalized spacial score (nSPS) is 12.0. The molecule has 0 radical (unpaired) electrons. The lowest BCUT2D eigenvalue weighted by Crippen LogP contribution is -2.36. The van der Waals surface area contributed by atoms with Crippen molar-refractivity contribution in [3.8, 4) is 5.75 Å². The van der Waals surface area contributed by atoms with Crippen LogP contribution < -0.4 is 10.1 Å². The molecule has 5 nitrogen and oxygen atoms in total. The topological polar surface area (TPSA) is 71.5 Å². The highest BCUT2D eigenvalue weighted by Gasteiger charge is 2.10. The number of nitrogens with one attached hydrogen (secondary N) is 1. The van der Waals surface area contributed by atoms with Crippen LogP contribution in [-0.2, 0) is 11.2 Å². The number of hydrogen-bond donors (Lipinski definition) is 2. The lowest BCUT2D eigenvalue weighted by molar-refractivity contribution is -0.121. The van der Waals surface area contributed by atoms with Gasteiger partial charge in [-0.3, -0.25) is 4.79 Å². The number of aliphatic hydroxyl groups is 1. The molecule has 0 saturated heterocycles. The van der Waals surface area contributed by atoms with E-state index in [9.17, 15) is 14.3 Å². The number of benzene rings is 1. The predicted octanol–water partition coefficient (Wildman–Crippen LogP) is 1.69. The van der Waals surface area contributed by atoms with Gasteiger partial charge in [-0.05, 0) is 31.2 Å². The van der Waals surface area contributed by atoms with E-state index in [0.717, 1.165) is 10.7 Å². The number of carbonyl (C=O) groups excluding carboxylic acids is 1. The zero-order chi connectivity index (χ0) is 15.9. The van der Waals surface area contributed by atoms with E-state index in [-0.39, 0.29) is 31.3 Å². The highest BCUT2D eigenvalue weighted by atomic mass is 32.1. The van der Waals surface area contributed by atoms with Crippen LogP contribution in [0.3, 0.4) is 0 Å². The molecule has 118 valence electrons. The van der Waals surface area contributed by atoms with E-state index in [1.807, 2.05) is 12.3 Å². The summed E-state index contributed by atoms with van der Waals surface area (Å²) >= 11 is 1.49. The fraction of sp³-hybridized carbons (Fsp3) is 0.333. The van der Waals surface area contributed by atoms with Crippen molar-refractivity contribution < 1.29 is 19.0 Å². The van der Waals surface area contributed by atoms with Crippen molar-refractivity contribution in [2.24, 2.45) is 0 Å². The molecule has 0 aliphatic heterocycles. The van der Waals surface area contributed by atoms with Gasteiger partial charge in [0.2, 0.25) is 5.91 Å². The summed E-state index contributed by atoms with van der Waals surface area (Å²) in [6.07, 6.45) is -0.651. The Hall–Kier alpha value is -1.99. The van der Waals surface area contributed by atoms with Crippen LogP contribution in [0.2, 0.25) is 0 Å². The molecule has 2 N–H and O–H groups in total. The van der Waals surface area contributed by atoms with Crippen molar-refractivity contribution in [1.29, 1.82) is 0 Å². The first kappa shape index (κ1) is 16.4. The van der Waals surface area contributed by atoms with E-state index in [0.29, 0.717) is 5.75 Å². The van der Waals surface area contributed by atoms with Crippen molar-refractivity contribution >= 4 is 17.2 Å². The first-order chi connectivity index (χ1) is 10.5. The Balaban J connectivity index is 1.67. The Labute approximate surface area is 131 Å². The average Bonchev–Trinajstić information content (AvgIpc) is 2.89. The number of aromatic nitrogens is 1. The maximum Gasteiger partial charge on any atom is 0.226 e. The average molecular weight is 324 g/mol. The largest absolute Gasteiger partial charge is 0.491 e. The van der Waals surface area contributed by atoms with E-state index < -0.39 is 6.10 Å². The number of amides is 1. The molecule has 0 bridgehead atoms. The van der Waals surface area contributed by atoms with Gasteiger partial charge in [-0.25, -0.2) is 9.37 Å². The number of aryl methyl sites for hydroxylation is 1. The lowest BCUT2D eigenvalue weighted by atomic mass is 10.3. The van der Waals surface area contributed by atoms with Crippen LogP contribution in [0.4, 0.5) is 4.39 Å². The smallest absolute Gasteiger partial charge is 0.226 e. The molecule has 1 aromatic heterocycles. The van der Waals surface area contributed by atoms with Crippen LogP contribution in [0.1, 0.15) is 10.7 Å². The Morgan fingerprint density at radius 2 is 2.18 bits per heavy atom. The number of thiazole rings is 1. The van der Waals surface area contributed by atoms with E-state index in [1.54, 1.807) is 0 Å². The molecule has 1 amide bonds. The van der Waals surface area contributed by atoms with Crippen LogP contribution in [0, 0.1) is 12.7 Å². The summed E-state index contributed by atoms with van der Waals surface area (Å²) in [6.45, 7) is 1.98. The summed E-state index contributed by atoms with van der Waals surface area (Å²) < 4.78 is 18.0. The Morgan fingerprint density at radius 1 is 1.45 bits per heavy atom. The summed E-state index contributed by atoms with van der Waals surface area (Å²) in [7, 11) is 0. The molecule has 0 saturated carbocycles. The van der Waals surface area contributed by atoms with Gasteiger partial charge in [0.05, 0.1) is 17.1 Å². The van der Waals surface area contributed by atoms with Crippen molar-refractivity contribution in [2.45, 2.75) is 19.4 Å². The van der Waals surface area contributed by atoms with Crippen molar-refractivity contribution in [3.63, 3.8) is 0 Å². The molecule has 1 atom stereocenters. The second-order valence-corrected chi connectivity index (χ2v) is 5.82. The van der Waals surface area contributed by atoms with Gasteiger partial charge in [0.15, 0.2) is 0 Å². The third-order valence-corrected chi connectivity index (χ3v) is 3.62. The van der Waals surface area contributed by atoms with Crippen LogP contribution >= 0.6 is 11.3 Å². The standard InChI is InChI=1S/C15H17FN2O3S/c1-10-18-12(9-22-10)6-15(20)17-7-13(19)8-21-14-4-2-11(16)3-5-14/h2-5,9,13,19H,6-8H2,1H3,(H,17,20)/t13-/m0/s1. The zero-order valence-corrected chi connectivity index (χ0v) is 12.9. The first-order valence-corrected chi connectivity index (χ1v) is 7.65. The van der Waals surface area contributed by atoms with Crippen LogP contribution in [0.25, 0.3) is 0 Å². The number of carbonyl (C=O) groups is 1. The van der Waals surface area contributed by atoms with Crippen molar-refractivity contribution in [2.75, 3.05) is 13.2 Å². The second kappa shape index (κ2) is 7.86. The SMILES string of the molecule is Cc1nc(CC(=O)NC[C@H](O)COc2ccc(F)cc2)cs1. The predicted molar refractivity (Wildman–Crippen MR) is 81.5 cm³/mol. The summed E-state index contributed by atoms with van der Waals surface area (Å²) in [5.74, 6) is -0.0895. The minimum absolute atomic E-state index is 0.0156. The van der Waals surface area contributed by atoms with Gasteiger partial charge < -0.3 is 15.2 Å². The highest BCUT2D eigenvalue weighted by Crippen LogP contribution is 2.11. The highest BCUT2D eigenvalue weighted by molar-refractivity contribution is 7.09. The van der Waals surface area contributed by atoms with Crippen LogP contribution in [0.15, 0.2) is 29.6 Å². The molecular formula is C15H17FN2O3S. The second-order valence-electron chi connectivity index (χ2n) is 4.76. The summed E-state index contributed by atoms with van der Waals surface area (Å²) in [5, 5.41) is 15.1. The van der Waals surface area contributed by atoms with Gasteiger partial charge in [-0.15, -0.1) is 11.3 Å². The van der Waals surface area contributed by atoms with E-state index >= 15 is 0 Å². The lowest BCUT2D eigenvalue weighted by Gasteiger charge is -2.13. The molecule has 1 heterocycles. The van der Waals surface area contributed by atoms with E-state index in [1.165, 1.54) is 35.6 Å². The monoisotopic (exact) mass is 324 g/mol. The molecule has 0 spiro atoms. The van der Waals surface area contributed by atoms with Gasteiger partial charge in [-0.2, -0.15) is 0 Å². The third-order valence-electron chi connectivity index (χ3n) is 2.80. The number of ether oxygens (including phenoxy) is 1. The van der Waals surface area contributed by atoms with Gasteiger partial charge >= 0.3 is 0 Å². The molecular weight excluding hydrogens is 307 g/mol. The minimum atomic E-state index is -0.842. The fourth-order valence-corrected chi connectivity index (χ4v) is 2.34. The third kappa shape index (κ3) is 5.42. The molecule has 7 heteroatoms. The molecule has 0 aliphatic rings. The molecule has 0 aliphatic carbocycles.